The van der Waals surface area contributed by atoms with E-state index in [-0.39, 0.29) is 0 Å². The first kappa shape index (κ1) is 6.38. The van der Waals surface area contributed by atoms with Crippen molar-refractivity contribution < 1.29 is 4.79 Å². The summed E-state index contributed by atoms with van der Waals surface area (Å²) < 4.78 is 0. The van der Waals surface area contributed by atoms with Crippen LogP contribution in [0.5, 0.6) is 0 Å². The number of Topliss-reactive ketones (excluding diaryl/α,β-unsaturated/α-hetero) is 1. The van der Waals surface area contributed by atoms with Gasteiger partial charge in [0.25, 0.3) is 0 Å². The predicted molar refractivity (Wildman–Crippen MR) is 39.4 cm³/mol. The number of carbonyl (C=O) groups is 1. The van der Waals surface area contributed by atoms with Gasteiger partial charge in [-0.05, 0) is 32.1 Å². The van der Waals surface area contributed by atoms with Gasteiger partial charge in [0.15, 0.2) is 0 Å². The van der Waals surface area contributed by atoms with Crippen molar-refractivity contribution in [2.75, 3.05) is 0 Å². The summed E-state index contributed by atoms with van der Waals surface area (Å²) in [6.07, 6.45) is 8.09. The smallest absolute Gasteiger partial charge is 0.139 e. The Balaban J connectivity index is 1.84. The number of hydrogen-bond donors (Lipinski definition) is 0. The molecule has 0 aromatic carbocycles. The van der Waals surface area contributed by atoms with Crippen LogP contribution in [-0.4, -0.2) is 5.78 Å². The van der Waals surface area contributed by atoms with Gasteiger partial charge in [0.1, 0.15) is 5.78 Å². The molecule has 1 atom stereocenters. The minimum absolute atomic E-state index is 0.366. The van der Waals surface area contributed by atoms with E-state index in [1.54, 1.807) is 0 Å². The number of carbonyl (C=O) groups excluding carboxylic acids is 1. The summed E-state index contributed by atoms with van der Waals surface area (Å²) in [4.78, 5) is 11.4. The molecule has 0 aromatic rings. The second-order valence-corrected chi connectivity index (χ2v) is 3.45. The molecule has 1 heteroatoms. The fourth-order valence-electron chi connectivity index (χ4n) is 1.59. The molecule has 0 bridgehead atoms. The fraction of sp³-hybridized carbons (Fsp3) is 0.778. The lowest BCUT2D eigenvalue weighted by atomic mass is 9.71. The molecule has 0 saturated heterocycles. The minimum Gasteiger partial charge on any atom is -0.299 e. The second kappa shape index (κ2) is 2.37. The van der Waals surface area contributed by atoms with Crippen molar-refractivity contribution in [2.24, 2.45) is 11.8 Å². The van der Waals surface area contributed by atoms with Crippen LogP contribution in [0.15, 0.2) is 0 Å². The molecule has 0 heterocycles. The molecular formula is C9H13O. The normalized spacial score (nSPS) is 27.2. The molecule has 2 saturated carbocycles. The van der Waals surface area contributed by atoms with E-state index in [9.17, 15) is 4.79 Å². The molecule has 0 spiro atoms. The van der Waals surface area contributed by atoms with Crippen molar-refractivity contribution in [3.63, 3.8) is 0 Å². The fourth-order valence-corrected chi connectivity index (χ4v) is 1.59. The van der Waals surface area contributed by atoms with Crippen LogP contribution in [0.2, 0.25) is 0 Å². The first-order valence-electron chi connectivity index (χ1n) is 4.25. The van der Waals surface area contributed by atoms with Crippen molar-refractivity contribution in [1.29, 1.82) is 0 Å². The molecule has 0 aromatic heterocycles. The van der Waals surface area contributed by atoms with E-state index in [4.69, 9.17) is 0 Å². The van der Waals surface area contributed by atoms with E-state index in [1.807, 2.05) is 0 Å². The molecule has 1 radical (unpaired) electrons. The van der Waals surface area contributed by atoms with Gasteiger partial charge in [0.05, 0.1) is 0 Å². The van der Waals surface area contributed by atoms with Gasteiger partial charge in [-0.15, -0.1) is 0 Å². The molecular weight excluding hydrogens is 124 g/mol. The van der Waals surface area contributed by atoms with Crippen LogP contribution in [0.4, 0.5) is 0 Å². The molecule has 1 unspecified atom stereocenters. The van der Waals surface area contributed by atoms with E-state index < -0.39 is 0 Å². The highest BCUT2D eigenvalue weighted by molar-refractivity contribution is 5.86. The summed E-state index contributed by atoms with van der Waals surface area (Å²) in [6, 6.07) is 0. The molecule has 2 aliphatic carbocycles. The molecule has 10 heavy (non-hydrogen) atoms. The average molecular weight is 137 g/mol. The lowest BCUT2D eigenvalue weighted by Crippen LogP contribution is -2.32. The van der Waals surface area contributed by atoms with E-state index in [1.165, 1.54) is 25.7 Å². The van der Waals surface area contributed by atoms with Crippen molar-refractivity contribution in [3.8, 4) is 0 Å². The maximum Gasteiger partial charge on any atom is 0.139 e. The van der Waals surface area contributed by atoms with Crippen molar-refractivity contribution in [2.45, 2.75) is 32.1 Å². The van der Waals surface area contributed by atoms with Gasteiger partial charge in [-0.25, -0.2) is 0 Å². The van der Waals surface area contributed by atoms with E-state index in [0.717, 1.165) is 6.42 Å². The van der Waals surface area contributed by atoms with Crippen molar-refractivity contribution >= 4 is 5.78 Å². The predicted octanol–water partition coefficient (Wildman–Crippen LogP) is 1.97. The van der Waals surface area contributed by atoms with Gasteiger partial charge < -0.3 is 0 Å². The second-order valence-electron chi connectivity index (χ2n) is 3.45. The van der Waals surface area contributed by atoms with Crippen LogP contribution in [0.1, 0.15) is 32.1 Å². The molecule has 0 amide bonds. The van der Waals surface area contributed by atoms with Crippen LogP contribution < -0.4 is 0 Å². The Hall–Kier alpha value is -0.330. The Bertz CT molecular complexity index is 127. The van der Waals surface area contributed by atoms with Crippen LogP contribution in [-0.2, 0) is 4.79 Å². The van der Waals surface area contributed by atoms with Crippen LogP contribution >= 0.6 is 0 Å². The Kier molecular flexibility index (Phi) is 1.51. The molecule has 2 rings (SSSR count). The average Bonchev–Trinajstić information content (AvgIpc) is 1.52. The van der Waals surface area contributed by atoms with Gasteiger partial charge in [-0.2, -0.15) is 0 Å². The SMILES string of the molecule is O=C(C1[CH]CC1)C1CCC1. The van der Waals surface area contributed by atoms with E-state index in [2.05, 4.69) is 6.42 Å². The maximum absolute atomic E-state index is 11.4. The van der Waals surface area contributed by atoms with Crippen LogP contribution in [0.3, 0.4) is 0 Å². The van der Waals surface area contributed by atoms with Gasteiger partial charge in [-0.1, -0.05) is 6.42 Å². The first-order valence-corrected chi connectivity index (χ1v) is 4.25. The van der Waals surface area contributed by atoms with E-state index >= 15 is 0 Å². The Morgan fingerprint density at radius 2 is 2.00 bits per heavy atom. The highest BCUT2D eigenvalue weighted by Crippen LogP contribution is 2.35. The third-order valence-electron chi connectivity index (χ3n) is 2.80. The Morgan fingerprint density at radius 3 is 2.30 bits per heavy atom. The summed E-state index contributed by atoms with van der Waals surface area (Å²) >= 11 is 0. The highest BCUT2D eigenvalue weighted by Gasteiger charge is 2.33. The molecule has 55 valence electrons. The Labute approximate surface area is 61.8 Å². The molecule has 0 N–H and O–H groups in total. The minimum atomic E-state index is 0.366. The number of ketones is 1. The third kappa shape index (κ3) is 0.882. The Morgan fingerprint density at radius 1 is 1.30 bits per heavy atom. The monoisotopic (exact) mass is 137 g/mol. The highest BCUT2D eigenvalue weighted by atomic mass is 16.1. The lowest BCUT2D eigenvalue weighted by molar-refractivity contribution is -0.129. The molecule has 2 fully saturated rings. The van der Waals surface area contributed by atoms with Gasteiger partial charge in [-0.3, -0.25) is 4.79 Å². The zero-order chi connectivity index (χ0) is 6.97. The standard InChI is InChI=1S/C9H13O/c10-9(7-3-1-4-7)8-5-2-6-8/h3,7-8H,1-2,4-6H2. The summed E-state index contributed by atoms with van der Waals surface area (Å²) in [6.45, 7) is 0. The summed E-state index contributed by atoms with van der Waals surface area (Å²) in [5, 5.41) is 0. The third-order valence-corrected chi connectivity index (χ3v) is 2.80. The molecule has 1 nitrogen and oxygen atoms in total. The lowest BCUT2D eigenvalue weighted by Gasteiger charge is -2.32. The molecule has 2 aliphatic rings. The van der Waals surface area contributed by atoms with Gasteiger partial charge in [0.2, 0.25) is 0 Å². The summed E-state index contributed by atoms with van der Waals surface area (Å²) in [5.74, 6) is 1.37. The quantitative estimate of drug-likeness (QED) is 0.568. The van der Waals surface area contributed by atoms with Crippen molar-refractivity contribution in [1.82, 2.24) is 0 Å². The van der Waals surface area contributed by atoms with Gasteiger partial charge >= 0.3 is 0 Å². The summed E-state index contributed by atoms with van der Waals surface area (Å²) in [5.41, 5.74) is 0. The molecule has 0 aliphatic heterocycles. The van der Waals surface area contributed by atoms with Crippen LogP contribution in [0, 0.1) is 18.3 Å². The first-order chi connectivity index (χ1) is 4.88. The number of rotatable bonds is 2. The zero-order valence-electron chi connectivity index (χ0n) is 6.18. The largest absolute Gasteiger partial charge is 0.299 e. The number of hydrogen-bond acceptors (Lipinski definition) is 1. The zero-order valence-corrected chi connectivity index (χ0v) is 6.18. The summed E-state index contributed by atoms with van der Waals surface area (Å²) in [7, 11) is 0. The van der Waals surface area contributed by atoms with Gasteiger partial charge in [0, 0.05) is 11.8 Å². The van der Waals surface area contributed by atoms with Crippen molar-refractivity contribution in [3.05, 3.63) is 6.42 Å². The topological polar surface area (TPSA) is 17.1 Å². The van der Waals surface area contributed by atoms with E-state index in [0.29, 0.717) is 17.6 Å². The maximum atomic E-state index is 11.4. The van der Waals surface area contributed by atoms with Crippen LogP contribution in [0.25, 0.3) is 0 Å².